The molecule has 2 heterocycles. The Morgan fingerprint density at radius 3 is 1.58 bits per heavy atom. The summed E-state index contributed by atoms with van der Waals surface area (Å²) in [5.74, 6) is 0. The molecule has 0 fully saturated rings. The Morgan fingerprint density at radius 1 is 0.439 bits per heavy atom. The topological polar surface area (TPSA) is 9.72 Å². The summed E-state index contributed by atoms with van der Waals surface area (Å²) in [6, 6.07) is 62.3. The highest BCUT2D eigenvalue weighted by atomic mass is 32.1. The number of aryl methyl sites for hydroxylation is 3. The quantitative estimate of drug-likeness (QED) is 0.148. The van der Waals surface area contributed by atoms with Gasteiger partial charge in [-0.1, -0.05) is 104 Å². The van der Waals surface area contributed by atoms with Crippen LogP contribution in [0.15, 0.2) is 164 Å². The first-order chi connectivity index (χ1) is 32.1. The van der Waals surface area contributed by atoms with E-state index in [0.717, 1.165) is 24.2 Å². The SMILES string of the molecule is Cc1ccc(N(c2cc(C)c3ccc4c(N(c5ccc(N(C)C)cc5)c5cccc6c5sc5ccccc56)cc5c6c(cc2c3c46)C(C)(C)CC5)c2cccc3c2sc2ccccc23)cc1. The summed E-state index contributed by atoms with van der Waals surface area (Å²) in [6.45, 7) is 9.44. The van der Waals surface area contributed by atoms with Crippen LogP contribution < -0.4 is 14.7 Å². The molecular formula is C61H49N3S2. The minimum Gasteiger partial charge on any atom is -0.378 e. The van der Waals surface area contributed by atoms with Gasteiger partial charge in [-0.25, -0.2) is 0 Å². The van der Waals surface area contributed by atoms with E-state index in [9.17, 15) is 0 Å². The van der Waals surface area contributed by atoms with Crippen LogP contribution in [0, 0.1) is 13.8 Å². The summed E-state index contributed by atoms with van der Waals surface area (Å²) >= 11 is 3.80. The van der Waals surface area contributed by atoms with Crippen LogP contribution in [-0.2, 0) is 11.8 Å². The Morgan fingerprint density at radius 2 is 0.970 bits per heavy atom. The van der Waals surface area contributed by atoms with E-state index in [2.05, 4.69) is 220 Å². The average molecular weight is 888 g/mol. The van der Waals surface area contributed by atoms with Crippen molar-refractivity contribution in [3.05, 3.63) is 186 Å². The third-order valence-corrected chi connectivity index (χ3v) is 17.1. The average Bonchev–Trinajstić information content (AvgIpc) is 3.91. The first-order valence-electron chi connectivity index (χ1n) is 23.2. The lowest BCUT2D eigenvalue weighted by molar-refractivity contribution is 0.475. The van der Waals surface area contributed by atoms with Crippen LogP contribution in [0.3, 0.4) is 0 Å². The summed E-state index contributed by atoms with van der Waals surface area (Å²) in [6.07, 6.45) is 2.10. The second-order valence-corrected chi connectivity index (χ2v) is 21.4. The fourth-order valence-corrected chi connectivity index (χ4v) is 13.6. The van der Waals surface area contributed by atoms with Gasteiger partial charge in [0.25, 0.3) is 0 Å². The van der Waals surface area contributed by atoms with Gasteiger partial charge in [0.1, 0.15) is 0 Å². The molecule has 320 valence electrons. The van der Waals surface area contributed by atoms with Gasteiger partial charge in [0.2, 0.25) is 0 Å². The minimum atomic E-state index is -0.0198. The molecule has 0 N–H and O–H groups in total. The Labute approximate surface area is 393 Å². The molecule has 0 bridgehead atoms. The van der Waals surface area contributed by atoms with Crippen LogP contribution in [0.5, 0.6) is 0 Å². The third-order valence-electron chi connectivity index (χ3n) is 14.6. The summed E-state index contributed by atoms with van der Waals surface area (Å²) < 4.78 is 5.24. The van der Waals surface area contributed by atoms with E-state index in [0.29, 0.717) is 0 Å². The van der Waals surface area contributed by atoms with Crippen molar-refractivity contribution in [3.8, 4) is 0 Å². The van der Waals surface area contributed by atoms with E-state index < -0.39 is 0 Å². The van der Waals surface area contributed by atoms with Gasteiger partial charge in [-0.05, 0) is 144 Å². The molecule has 0 saturated carbocycles. The molecule has 5 heteroatoms. The van der Waals surface area contributed by atoms with Crippen molar-refractivity contribution < 1.29 is 0 Å². The van der Waals surface area contributed by atoms with Gasteiger partial charge in [-0.15, -0.1) is 22.7 Å². The fraction of sp³-hybridized carbons (Fsp3) is 0.148. The van der Waals surface area contributed by atoms with E-state index in [4.69, 9.17) is 0 Å². The van der Waals surface area contributed by atoms with Gasteiger partial charge in [0, 0.05) is 78.3 Å². The van der Waals surface area contributed by atoms with Crippen molar-refractivity contribution in [2.75, 3.05) is 28.8 Å². The van der Waals surface area contributed by atoms with Gasteiger partial charge in [-0.3, -0.25) is 0 Å². The van der Waals surface area contributed by atoms with Crippen LogP contribution in [-0.4, -0.2) is 14.1 Å². The highest BCUT2D eigenvalue weighted by molar-refractivity contribution is 7.26. The molecule has 0 radical (unpaired) electrons. The van der Waals surface area contributed by atoms with Crippen molar-refractivity contribution in [2.45, 2.75) is 46.0 Å². The maximum atomic E-state index is 2.60. The van der Waals surface area contributed by atoms with Crippen molar-refractivity contribution >= 4 is 135 Å². The van der Waals surface area contributed by atoms with Crippen LogP contribution in [0.1, 0.15) is 42.5 Å². The van der Waals surface area contributed by atoms with Crippen molar-refractivity contribution in [1.29, 1.82) is 0 Å². The number of rotatable bonds is 7. The Hall–Kier alpha value is -6.92. The first-order valence-corrected chi connectivity index (χ1v) is 24.8. The van der Waals surface area contributed by atoms with Crippen molar-refractivity contribution in [1.82, 2.24) is 0 Å². The van der Waals surface area contributed by atoms with E-state index >= 15 is 0 Å². The van der Waals surface area contributed by atoms with Gasteiger partial charge >= 0.3 is 0 Å². The number of benzene rings is 10. The minimum absolute atomic E-state index is 0.0198. The largest absolute Gasteiger partial charge is 0.378 e. The van der Waals surface area contributed by atoms with Gasteiger partial charge in [-0.2, -0.15) is 0 Å². The number of anilines is 7. The Bertz CT molecular complexity index is 3910. The number of hydrogen-bond donors (Lipinski definition) is 0. The molecule has 0 amide bonds. The lowest BCUT2D eigenvalue weighted by Crippen LogP contribution is -2.24. The zero-order valence-corrected chi connectivity index (χ0v) is 39.8. The zero-order chi connectivity index (χ0) is 44.6. The normalized spacial score (nSPS) is 13.6. The van der Waals surface area contributed by atoms with Gasteiger partial charge < -0.3 is 14.7 Å². The van der Waals surface area contributed by atoms with Crippen LogP contribution in [0.25, 0.3) is 72.7 Å². The third kappa shape index (κ3) is 5.79. The molecule has 66 heavy (non-hydrogen) atoms. The fourth-order valence-electron chi connectivity index (χ4n) is 11.2. The molecule has 12 aromatic rings. The Balaban J connectivity index is 1.15. The van der Waals surface area contributed by atoms with Gasteiger partial charge in [0.05, 0.1) is 32.1 Å². The molecule has 0 aliphatic heterocycles. The molecule has 0 saturated heterocycles. The maximum Gasteiger partial charge on any atom is 0.0640 e. The molecule has 10 aromatic carbocycles. The molecule has 1 aliphatic rings. The number of nitrogens with zero attached hydrogens (tertiary/aromatic N) is 3. The number of fused-ring (bicyclic) bond motifs is 6. The van der Waals surface area contributed by atoms with Crippen molar-refractivity contribution in [3.63, 3.8) is 0 Å². The van der Waals surface area contributed by atoms with Crippen LogP contribution in [0.2, 0.25) is 0 Å². The second-order valence-electron chi connectivity index (χ2n) is 19.3. The van der Waals surface area contributed by atoms with Gasteiger partial charge in [0.15, 0.2) is 0 Å². The van der Waals surface area contributed by atoms with E-state index in [1.54, 1.807) is 0 Å². The van der Waals surface area contributed by atoms with Crippen LogP contribution >= 0.6 is 22.7 Å². The summed E-state index contributed by atoms with van der Waals surface area (Å²) in [4.78, 5) is 7.33. The molecule has 13 rings (SSSR count). The van der Waals surface area contributed by atoms with E-state index in [1.807, 2.05) is 22.7 Å². The molecule has 0 spiro atoms. The maximum absolute atomic E-state index is 2.60. The molecule has 1 aliphatic carbocycles. The smallest absolute Gasteiger partial charge is 0.0640 e. The lowest BCUT2D eigenvalue weighted by Gasteiger charge is -2.37. The monoisotopic (exact) mass is 887 g/mol. The number of hydrogen-bond acceptors (Lipinski definition) is 5. The molecule has 3 nitrogen and oxygen atoms in total. The predicted molar refractivity (Wildman–Crippen MR) is 290 cm³/mol. The van der Waals surface area contributed by atoms with Crippen molar-refractivity contribution in [2.24, 2.45) is 0 Å². The first kappa shape index (κ1) is 39.4. The molecular weight excluding hydrogens is 839 g/mol. The highest BCUT2D eigenvalue weighted by Crippen LogP contribution is 2.55. The van der Waals surface area contributed by atoms with Crippen LogP contribution in [0.4, 0.5) is 39.8 Å². The summed E-state index contributed by atoms with van der Waals surface area (Å²) in [5, 5.41) is 13.3. The lowest BCUT2D eigenvalue weighted by atomic mass is 9.70. The van der Waals surface area contributed by atoms with E-state index in [-0.39, 0.29) is 5.41 Å². The number of thiophene rings is 2. The second kappa shape index (κ2) is 14.5. The summed E-state index contributed by atoms with van der Waals surface area (Å²) in [7, 11) is 4.24. The van der Waals surface area contributed by atoms with E-state index in [1.165, 1.54) is 123 Å². The summed E-state index contributed by atoms with van der Waals surface area (Å²) in [5.41, 5.74) is 13.8. The molecule has 0 atom stereocenters. The Kier molecular flexibility index (Phi) is 8.69. The zero-order valence-electron chi connectivity index (χ0n) is 38.2. The highest BCUT2D eigenvalue weighted by Gasteiger charge is 2.34. The molecule has 0 unspecified atom stereocenters. The standard InChI is InChI=1S/C61H49N3S2/c1-36-21-23-40(24-22-36)63(50-17-11-15-45-43-13-7-9-19-54(43)65-59(45)50)52-33-37(2)42-29-30-47-53(34-38-31-32-61(3,4)49-35-48(52)57(42)58(47)56(38)49)64(41-27-25-39(26-28-41)62(5)6)51-18-12-16-46-44-14-8-10-20-55(44)66-60(46)51/h7-30,33-35H,31-32H2,1-6H3. The molecule has 2 aromatic heterocycles. The predicted octanol–water partition coefficient (Wildman–Crippen LogP) is 18.2.